The van der Waals surface area contributed by atoms with Gasteiger partial charge in [-0.3, -0.25) is 15.1 Å². The van der Waals surface area contributed by atoms with Gasteiger partial charge >= 0.3 is 5.69 Å². The van der Waals surface area contributed by atoms with Gasteiger partial charge in [0.25, 0.3) is 0 Å². The normalized spacial score (nSPS) is 9.63. The van der Waals surface area contributed by atoms with E-state index in [0.29, 0.717) is 0 Å². The third kappa shape index (κ3) is 3.04. The van der Waals surface area contributed by atoms with Gasteiger partial charge in [0.2, 0.25) is 0 Å². The number of hydrogen-bond acceptors (Lipinski definition) is 5. The highest BCUT2D eigenvalue weighted by Gasteiger charge is 2.16. The maximum atomic E-state index is 10.9. The Kier molecular flexibility index (Phi) is 3.69. The standard InChI is InChI=1S/C13H9N3O3/c14-7-10-3-4-13(12(6-10)16(17)18)19-9-11-2-1-5-15-8-11/h1-6,8H,9H2. The zero-order chi connectivity index (χ0) is 13.7. The number of aromatic nitrogens is 1. The lowest BCUT2D eigenvalue weighted by atomic mass is 10.2. The molecule has 19 heavy (non-hydrogen) atoms. The molecule has 0 fully saturated rings. The van der Waals surface area contributed by atoms with Crippen molar-refractivity contribution in [3.63, 3.8) is 0 Å². The van der Waals surface area contributed by atoms with Gasteiger partial charge in [0.05, 0.1) is 16.6 Å². The minimum atomic E-state index is -0.570. The van der Waals surface area contributed by atoms with Gasteiger partial charge in [0.1, 0.15) is 6.61 Å². The van der Waals surface area contributed by atoms with Crippen LogP contribution in [0.25, 0.3) is 0 Å². The third-order valence-corrected chi connectivity index (χ3v) is 2.40. The van der Waals surface area contributed by atoms with Crippen molar-refractivity contribution >= 4 is 5.69 Å². The molecule has 1 heterocycles. The summed E-state index contributed by atoms with van der Waals surface area (Å²) in [5, 5.41) is 19.6. The number of pyridine rings is 1. The van der Waals surface area contributed by atoms with Crippen LogP contribution in [0.15, 0.2) is 42.7 Å². The first-order chi connectivity index (χ1) is 9.20. The van der Waals surface area contributed by atoms with E-state index in [2.05, 4.69) is 4.98 Å². The molecule has 0 saturated heterocycles. The van der Waals surface area contributed by atoms with Crippen molar-refractivity contribution in [3.05, 3.63) is 64.0 Å². The Bertz CT molecular complexity index is 635. The lowest BCUT2D eigenvalue weighted by Gasteiger charge is -2.06. The molecular formula is C13H9N3O3. The van der Waals surface area contributed by atoms with E-state index in [0.717, 1.165) is 5.56 Å². The zero-order valence-corrected chi connectivity index (χ0v) is 9.81. The lowest BCUT2D eigenvalue weighted by Crippen LogP contribution is -1.99. The van der Waals surface area contributed by atoms with Crippen LogP contribution in [0, 0.1) is 21.4 Å². The summed E-state index contributed by atoms with van der Waals surface area (Å²) in [5.74, 6) is 0.132. The van der Waals surface area contributed by atoms with Crippen LogP contribution in [0.1, 0.15) is 11.1 Å². The predicted octanol–water partition coefficient (Wildman–Crippen LogP) is 2.44. The lowest BCUT2D eigenvalue weighted by molar-refractivity contribution is -0.386. The second-order valence-corrected chi connectivity index (χ2v) is 3.70. The van der Waals surface area contributed by atoms with Gasteiger partial charge in [-0.2, -0.15) is 5.26 Å². The maximum Gasteiger partial charge on any atom is 0.312 e. The van der Waals surface area contributed by atoms with Gasteiger partial charge in [-0.1, -0.05) is 6.07 Å². The zero-order valence-electron chi connectivity index (χ0n) is 9.81. The number of ether oxygens (including phenoxy) is 1. The Hall–Kier alpha value is -2.94. The summed E-state index contributed by atoms with van der Waals surface area (Å²) >= 11 is 0. The molecule has 0 unspecified atom stereocenters. The number of hydrogen-bond donors (Lipinski definition) is 0. The Labute approximate surface area is 109 Å². The van der Waals surface area contributed by atoms with E-state index in [4.69, 9.17) is 10.00 Å². The smallest absolute Gasteiger partial charge is 0.312 e. The van der Waals surface area contributed by atoms with Gasteiger partial charge in [-0.25, -0.2) is 0 Å². The predicted molar refractivity (Wildman–Crippen MR) is 66.4 cm³/mol. The molecule has 94 valence electrons. The second kappa shape index (κ2) is 5.60. The van der Waals surface area contributed by atoms with Crippen LogP contribution in [-0.4, -0.2) is 9.91 Å². The molecule has 0 radical (unpaired) electrons. The summed E-state index contributed by atoms with van der Waals surface area (Å²) in [6, 6.07) is 9.51. The average molecular weight is 255 g/mol. The van der Waals surface area contributed by atoms with E-state index >= 15 is 0 Å². The minimum absolute atomic E-state index is 0.132. The van der Waals surface area contributed by atoms with Crippen molar-refractivity contribution in [1.82, 2.24) is 4.98 Å². The highest BCUT2D eigenvalue weighted by atomic mass is 16.6. The number of nitrogens with zero attached hydrogens (tertiary/aromatic N) is 3. The topological polar surface area (TPSA) is 89.0 Å². The van der Waals surface area contributed by atoms with Gasteiger partial charge in [0.15, 0.2) is 5.75 Å². The number of nitro benzene ring substituents is 1. The largest absolute Gasteiger partial charge is 0.482 e. The highest BCUT2D eigenvalue weighted by Crippen LogP contribution is 2.28. The molecule has 0 aliphatic heterocycles. The van der Waals surface area contributed by atoms with E-state index in [1.807, 2.05) is 12.1 Å². The Morgan fingerprint density at radius 1 is 1.42 bits per heavy atom. The molecule has 0 aliphatic rings. The van der Waals surface area contributed by atoms with Crippen LogP contribution >= 0.6 is 0 Å². The monoisotopic (exact) mass is 255 g/mol. The molecule has 0 spiro atoms. The molecule has 0 N–H and O–H groups in total. The molecular weight excluding hydrogens is 246 g/mol. The van der Waals surface area contributed by atoms with Crippen LogP contribution in [0.5, 0.6) is 5.75 Å². The van der Waals surface area contributed by atoms with Crippen molar-refractivity contribution in [2.45, 2.75) is 6.61 Å². The first-order valence-corrected chi connectivity index (χ1v) is 5.41. The molecule has 6 heteroatoms. The summed E-state index contributed by atoms with van der Waals surface area (Å²) in [6.45, 7) is 0.181. The van der Waals surface area contributed by atoms with E-state index in [1.54, 1.807) is 18.5 Å². The second-order valence-electron chi connectivity index (χ2n) is 3.70. The van der Waals surface area contributed by atoms with Crippen LogP contribution in [0.4, 0.5) is 5.69 Å². The first kappa shape index (κ1) is 12.5. The number of nitro groups is 1. The Balaban J connectivity index is 2.21. The molecule has 2 aromatic rings. The van der Waals surface area contributed by atoms with Gasteiger partial charge in [-0.05, 0) is 18.2 Å². The van der Waals surface area contributed by atoms with Crippen LogP contribution < -0.4 is 4.74 Å². The van der Waals surface area contributed by atoms with Gasteiger partial charge < -0.3 is 4.74 Å². The fourth-order valence-corrected chi connectivity index (χ4v) is 1.50. The molecule has 0 bridgehead atoms. The van der Waals surface area contributed by atoms with E-state index in [-0.39, 0.29) is 23.6 Å². The molecule has 1 aromatic carbocycles. The van der Waals surface area contributed by atoms with E-state index in [9.17, 15) is 10.1 Å². The quantitative estimate of drug-likeness (QED) is 0.618. The maximum absolute atomic E-state index is 10.9. The first-order valence-electron chi connectivity index (χ1n) is 5.41. The third-order valence-electron chi connectivity index (χ3n) is 2.40. The summed E-state index contributed by atoms with van der Waals surface area (Å²) in [7, 11) is 0. The van der Waals surface area contributed by atoms with Crippen LogP contribution in [0.2, 0.25) is 0 Å². The fourth-order valence-electron chi connectivity index (χ4n) is 1.50. The van der Waals surface area contributed by atoms with Crippen LogP contribution in [-0.2, 0) is 6.61 Å². The van der Waals surface area contributed by atoms with Crippen LogP contribution in [0.3, 0.4) is 0 Å². The van der Waals surface area contributed by atoms with E-state index < -0.39 is 4.92 Å². The molecule has 1 aromatic heterocycles. The van der Waals surface area contributed by atoms with Crippen molar-refractivity contribution in [1.29, 1.82) is 5.26 Å². The van der Waals surface area contributed by atoms with Gasteiger partial charge in [0, 0.05) is 24.0 Å². The van der Waals surface area contributed by atoms with E-state index in [1.165, 1.54) is 18.2 Å². The fraction of sp³-hybridized carbons (Fsp3) is 0.0769. The molecule has 0 atom stereocenters. The Morgan fingerprint density at radius 2 is 2.26 bits per heavy atom. The molecule has 0 saturated carbocycles. The minimum Gasteiger partial charge on any atom is -0.482 e. The number of benzene rings is 1. The summed E-state index contributed by atoms with van der Waals surface area (Å²) in [4.78, 5) is 14.3. The number of nitriles is 1. The van der Waals surface area contributed by atoms with Crippen molar-refractivity contribution in [3.8, 4) is 11.8 Å². The van der Waals surface area contributed by atoms with Crippen molar-refractivity contribution in [2.24, 2.45) is 0 Å². The van der Waals surface area contributed by atoms with Crippen molar-refractivity contribution in [2.75, 3.05) is 0 Å². The number of rotatable bonds is 4. The molecule has 6 nitrogen and oxygen atoms in total. The summed E-state index contributed by atoms with van der Waals surface area (Å²) in [5.41, 5.74) is 0.810. The average Bonchev–Trinajstić information content (AvgIpc) is 2.46. The molecule has 0 amide bonds. The SMILES string of the molecule is N#Cc1ccc(OCc2cccnc2)c([N+](=O)[O-])c1. The summed E-state index contributed by atoms with van der Waals surface area (Å²) < 4.78 is 5.39. The molecule has 0 aliphatic carbocycles. The molecule has 2 rings (SSSR count). The summed E-state index contributed by atoms with van der Waals surface area (Å²) in [6.07, 6.45) is 3.25. The van der Waals surface area contributed by atoms with Gasteiger partial charge in [-0.15, -0.1) is 0 Å². The van der Waals surface area contributed by atoms with Crippen molar-refractivity contribution < 1.29 is 9.66 Å². The Morgan fingerprint density at radius 3 is 2.89 bits per heavy atom. The highest BCUT2D eigenvalue weighted by molar-refractivity contribution is 5.51.